The molecule has 0 saturated carbocycles. The van der Waals surface area contributed by atoms with Crippen LogP contribution in [0.5, 0.6) is 0 Å². The van der Waals surface area contributed by atoms with Gasteiger partial charge in [0.25, 0.3) is 0 Å². The van der Waals surface area contributed by atoms with E-state index in [1.165, 1.54) is 24.2 Å². The van der Waals surface area contributed by atoms with Gasteiger partial charge in [-0.3, -0.25) is 9.58 Å². The van der Waals surface area contributed by atoms with Gasteiger partial charge in [-0.15, -0.1) is 0 Å². The molecule has 0 aliphatic rings. The second-order valence-electron chi connectivity index (χ2n) is 4.46. The second kappa shape index (κ2) is 7.74. The number of aryl methyl sites for hydroxylation is 1. The van der Waals surface area contributed by atoms with E-state index < -0.39 is 0 Å². The summed E-state index contributed by atoms with van der Waals surface area (Å²) in [7, 11) is 4.09. The highest BCUT2D eigenvalue weighted by Gasteiger charge is 2.13. The highest BCUT2D eigenvalue weighted by atomic mass is 32.2. The van der Waals surface area contributed by atoms with Crippen molar-refractivity contribution in [1.82, 2.24) is 14.7 Å². The monoisotopic (exact) mass is 256 g/mol. The lowest BCUT2D eigenvalue weighted by atomic mass is 10.1. The van der Waals surface area contributed by atoms with E-state index in [1.54, 1.807) is 0 Å². The molecule has 1 atom stereocenters. The van der Waals surface area contributed by atoms with Crippen LogP contribution in [0.4, 0.5) is 0 Å². The lowest BCUT2D eigenvalue weighted by Crippen LogP contribution is -2.37. The lowest BCUT2D eigenvalue weighted by molar-refractivity contribution is 0.226. The molecule has 0 fully saturated rings. The minimum Gasteiger partial charge on any atom is -0.329 e. The number of likely N-dealkylation sites (N-methyl/N-ethyl adjacent to an activating group) is 1. The number of nitrogens with zero attached hydrogens (tertiary/aromatic N) is 3. The molecular weight excluding hydrogens is 232 g/mol. The molecular formula is C12H24N4S. The van der Waals surface area contributed by atoms with Gasteiger partial charge >= 0.3 is 0 Å². The van der Waals surface area contributed by atoms with Gasteiger partial charge in [-0.2, -0.15) is 16.9 Å². The summed E-state index contributed by atoms with van der Waals surface area (Å²) >= 11 is 1.90. The van der Waals surface area contributed by atoms with E-state index in [1.807, 2.05) is 29.7 Å². The molecule has 0 radical (unpaired) electrons. The van der Waals surface area contributed by atoms with Crippen LogP contribution in [0.1, 0.15) is 18.4 Å². The molecule has 1 aromatic rings. The Kier molecular flexibility index (Phi) is 6.62. The van der Waals surface area contributed by atoms with Crippen LogP contribution >= 0.6 is 11.8 Å². The van der Waals surface area contributed by atoms with Crippen molar-refractivity contribution in [3.63, 3.8) is 0 Å². The van der Waals surface area contributed by atoms with Crippen molar-refractivity contribution in [2.75, 3.05) is 25.6 Å². The van der Waals surface area contributed by atoms with Crippen molar-refractivity contribution in [1.29, 1.82) is 0 Å². The van der Waals surface area contributed by atoms with Crippen LogP contribution < -0.4 is 5.73 Å². The molecule has 0 aliphatic carbocycles. The Morgan fingerprint density at radius 2 is 2.35 bits per heavy atom. The van der Waals surface area contributed by atoms with Gasteiger partial charge in [-0.1, -0.05) is 0 Å². The molecule has 0 aliphatic heterocycles. The fourth-order valence-corrected chi connectivity index (χ4v) is 2.41. The van der Waals surface area contributed by atoms with Gasteiger partial charge in [0.05, 0.1) is 6.20 Å². The first kappa shape index (κ1) is 14.5. The topological polar surface area (TPSA) is 47.1 Å². The number of aromatic nitrogens is 2. The summed E-state index contributed by atoms with van der Waals surface area (Å²) in [5.74, 6) is 1.22. The molecule has 2 N–H and O–H groups in total. The van der Waals surface area contributed by atoms with Crippen LogP contribution in [-0.2, 0) is 13.6 Å². The summed E-state index contributed by atoms with van der Waals surface area (Å²) < 4.78 is 1.84. The minimum absolute atomic E-state index is 0.474. The summed E-state index contributed by atoms with van der Waals surface area (Å²) in [4.78, 5) is 2.33. The Morgan fingerprint density at radius 1 is 1.59 bits per heavy atom. The molecule has 1 heterocycles. The molecule has 4 nitrogen and oxygen atoms in total. The summed E-state index contributed by atoms with van der Waals surface area (Å²) in [6.45, 7) is 1.65. The normalized spacial score (nSPS) is 13.2. The van der Waals surface area contributed by atoms with Crippen LogP contribution in [-0.4, -0.2) is 46.3 Å². The largest absolute Gasteiger partial charge is 0.329 e. The van der Waals surface area contributed by atoms with Crippen LogP contribution in [0, 0.1) is 0 Å². The van der Waals surface area contributed by atoms with Crippen molar-refractivity contribution in [3.8, 4) is 0 Å². The van der Waals surface area contributed by atoms with Crippen molar-refractivity contribution < 1.29 is 0 Å². The van der Waals surface area contributed by atoms with Crippen LogP contribution in [0.2, 0.25) is 0 Å². The van der Waals surface area contributed by atoms with E-state index in [9.17, 15) is 0 Å². The van der Waals surface area contributed by atoms with Crippen molar-refractivity contribution in [3.05, 3.63) is 18.0 Å². The Bertz CT molecular complexity index is 313. The zero-order chi connectivity index (χ0) is 12.7. The number of thioether (sulfide) groups is 1. The number of hydrogen-bond acceptors (Lipinski definition) is 4. The fraction of sp³-hybridized carbons (Fsp3) is 0.750. The van der Waals surface area contributed by atoms with Gasteiger partial charge in [-0.25, -0.2) is 0 Å². The van der Waals surface area contributed by atoms with Gasteiger partial charge in [0.2, 0.25) is 0 Å². The van der Waals surface area contributed by atoms with Crippen molar-refractivity contribution >= 4 is 11.8 Å². The number of nitrogens with two attached hydrogens (primary N) is 1. The van der Waals surface area contributed by atoms with Gasteiger partial charge in [-0.05, 0) is 31.9 Å². The Labute approximate surface area is 109 Å². The first-order valence-electron chi connectivity index (χ1n) is 6.04. The predicted molar refractivity (Wildman–Crippen MR) is 75.1 cm³/mol. The number of rotatable bonds is 8. The van der Waals surface area contributed by atoms with Crippen molar-refractivity contribution in [2.45, 2.75) is 25.4 Å². The zero-order valence-electron chi connectivity index (χ0n) is 11.1. The van der Waals surface area contributed by atoms with E-state index in [0.29, 0.717) is 6.04 Å². The standard InChI is InChI=1S/C12H24N4S/c1-15(9-11-8-14-16(2)10-11)12(7-13)5-4-6-17-3/h8,10,12H,4-7,9,13H2,1-3H3. The Hall–Kier alpha value is -0.520. The van der Waals surface area contributed by atoms with E-state index >= 15 is 0 Å². The molecule has 0 saturated heterocycles. The molecule has 1 rings (SSSR count). The quantitative estimate of drug-likeness (QED) is 0.713. The minimum atomic E-state index is 0.474. The van der Waals surface area contributed by atoms with E-state index in [-0.39, 0.29) is 0 Å². The third kappa shape index (κ3) is 5.10. The summed E-state index contributed by atoms with van der Waals surface area (Å²) in [6.07, 6.45) is 8.54. The summed E-state index contributed by atoms with van der Waals surface area (Å²) in [5.41, 5.74) is 7.09. The summed E-state index contributed by atoms with van der Waals surface area (Å²) in [5, 5.41) is 4.19. The maximum absolute atomic E-state index is 5.85. The third-order valence-corrected chi connectivity index (χ3v) is 3.67. The van der Waals surface area contributed by atoms with Crippen LogP contribution in [0.3, 0.4) is 0 Å². The second-order valence-corrected chi connectivity index (χ2v) is 5.45. The van der Waals surface area contributed by atoms with E-state index in [0.717, 1.165) is 13.1 Å². The van der Waals surface area contributed by atoms with Crippen molar-refractivity contribution in [2.24, 2.45) is 12.8 Å². The first-order valence-corrected chi connectivity index (χ1v) is 7.43. The molecule has 98 valence electrons. The van der Waals surface area contributed by atoms with E-state index in [4.69, 9.17) is 5.73 Å². The summed E-state index contributed by atoms with van der Waals surface area (Å²) in [6, 6.07) is 0.474. The average Bonchev–Trinajstić information content (AvgIpc) is 2.70. The van der Waals surface area contributed by atoms with Gasteiger partial charge in [0.1, 0.15) is 0 Å². The Morgan fingerprint density at radius 3 is 2.88 bits per heavy atom. The van der Waals surface area contributed by atoms with Crippen LogP contribution in [0.25, 0.3) is 0 Å². The molecule has 0 spiro atoms. The third-order valence-electron chi connectivity index (χ3n) is 2.97. The zero-order valence-corrected chi connectivity index (χ0v) is 11.9. The highest BCUT2D eigenvalue weighted by molar-refractivity contribution is 7.98. The molecule has 17 heavy (non-hydrogen) atoms. The van der Waals surface area contributed by atoms with Gasteiger partial charge < -0.3 is 5.73 Å². The predicted octanol–water partition coefficient (Wildman–Crippen LogP) is 1.32. The van der Waals surface area contributed by atoms with Gasteiger partial charge in [0.15, 0.2) is 0 Å². The Balaban J connectivity index is 2.40. The molecule has 0 amide bonds. The van der Waals surface area contributed by atoms with Crippen LogP contribution in [0.15, 0.2) is 12.4 Å². The molecule has 0 aromatic carbocycles. The SMILES string of the molecule is CSCCCC(CN)N(C)Cc1cnn(C)c1. The highest BCUT2D eigenvalue weighted by Crippen LogP contribution is 2.10. The molecule has 0 bridgehead atoms. The maximum Gasteiger partial charge on any atom is 0.0534 e. The first-order chi connectivity index (χ1) is 8.17. The fourth-order valence-electron chi connectivity index (χ4n) is 1.95. The maximum atomic E-state index is 5.85. The molecule has 1 unspecified atom stereocenters. The molecule has 1 aromatic heterocycles. The number of hydrogen-bond donors (Lipinski definition) is 1. The van der Waals surface area contributed by atoms with Gasteiger partial charge in [0, 0.05) is 37.9 Å². The van der Waals surface area contributed by atoms with E-state index in [2.05, 4.69) is 29.5 Å². The molecule has 5 heteroatoms. The smallest absolute Gasteiger partial charge is 0.0534 e. The lowest BCUT2D eigenvalue weighted by Gasteiger charge is -2.26. The average molecular weight is 256 g/mol.